The van der Waals surface area contributed by atoms with Crippen LogP contribution in [0.1, 0.15) is 24.8 Å². The van der Waals surface area contributed by atoms with E-state index >= 15 is 0 Å². The summed E-state index contributed by atoms with van der Waals surface area (Å²) in [6.45, 7) is 3.22. The number of hydrogen-bond donors (Lipinski definition) is 1. The van der Waals surface area contributed by atoms with Gasteiger partial charge in [0, 0.05) is 12.2 Å². The number of nitrogens with one attached hydrogen (secondary N) is 1. The number of halogens is 1. The number of nitro groups is 1. The summed E-state index contributed by atoms with van der Waals surface area (Å²) in [5.41, 5.74) is 1.62. The van der Waals surface area contributed by atoms with Crippen LogP contribution in [0.2, 0.25) is 5.15 Å². The van der Waals surface area contributed by atoms with E-state index in [0.29, 0.717) is 0 Å². The first-order chi connectivity index (χ1) is 11.6. The Morgan fingerprint density at radius 3 is 2.54 bits per heavy atom. The second kappa shape index (κ2) is 7.55. The van der Waals surface area contributed by atoms with E-state index < -0.39 is 4.92 Å². The molecule has 8 heteroatoms. The Hall–Kier alpha value is -2.25. The fourth-order valence-corrected chi connectivity index (χ4v) is 3.02. The molecule has 0 aliphatic carbocycles. The number of piperidine rings is 1. The Labute approximate surface area is 144 Å². The van der Waals surface area contributed by atoms with Gasteiger partial charge >= 0.3 is 5.69 Å². The van der Waals surface area contributed by atoms with E-state index in [-0.39, 0.29) is 16.7 Å². The molecule has 2 heterocycles. The molecule has 24 heavy (non-hydrogen) atoms. The number of likely N-dealkylation sites (tertiary alicyclic amines) is 1. The highest BCUT2D eigenvalue weighted by molar-refractivity contribution is 6.31. The molecule has 0 spiro atoms. The fraction of sp³-hybridized carbons (Fsp3) is 0.375. The van der Waals surface area contributed by atoms with Crippen molar-refractivity contribution in [3.05, 3.63) is 51.4 Å². The summed E-state index contributed by atoms with van der Waals surface area (Å²) < 4.78 is 0. The molecule has 1 fully saturated rings. The summed E-state index contributed by atoms with van der Waals surface area (Å²) in [5, 5.41) is 13.9. The van der Waals surface area contributed by atoms with Gasteiger partial charge in [0.2, 0.25) is 11.0 Å². The molecule has 1 N–H and O–H groups in total. The summed E-state index contributed by atoms with van der Waals surface area (Å²) in [6.07, 6.45) is 5.04. The van der Waals surface area contributed by atoms with Crippen molar-refractivity contribution in [3.8, 4) is 0 Å². The van der Waals surface area contributed by atoms with E-state index in [1.165, 1.54) is 31.2 Å². The minimum absolute atomic E-state index is 0.0868. The topological polar surface area (TPSA) is 84.2 Å². The van der Waals surface area contributed by atoms with Gasteiger partial charge in [0.15, 0.2) is 0 Å². The van der Waals surface area contributed by atoms with Gasteiger partial charge in [-0.2, -0.15) is 0 Å². The average Bonchev–Trinajstić information content (AvgIpc) is 2.57. The highest BCUT2D eigenvalue weighted by Gasteiger charge is 2.21. The molecule has 1 aromatic heterocycles. The average molecular weight is 348 g/mol. The molecule has 0 amide bonds. The Morgan fingerprint density at radius 2 is 1.88 bits per heavy atom. The van der Waals surface area contributed by atoms with Crippen molar-refractivity contribution in [2.45, 2.75) is 25.8 Å². The molecule has 0 unspecified atom stereocenters. The van der Waals surface area contributed by atoms with E-state index in [1.54, 1.807) is 0 Å². The molecule has 1 aliphatic heterocycles. The lowest BCUT2D eigenvalue weighted by Gasteiger charge is -2.26. The van der Waals surface area contributed by atoms with Gasteiger partial charge < -0.3 is 5.32 Å². The molecule has 2 aromatic rings. The molecular formula is C16H18ClN5O2. The van der Waals surface area contributed by atoms with Crippen molar-refractivity contribution in [1.82, 2.24) is 14.9 Å². The Balaban J connectivity index is 1.70. The smallest absolute Gasteiger partial charge is 0.334 e. The quantitative estimate of drug-likeness (QED) is 0.503. The predicted molar refractivity (Wildman–Crippen MR) is 92.5 cm³/mol. The zero-order valence-electron chi connectivity index (χ0n) is 13.1. The number of benzene rings is 1. The summed E-state index contributed by atoms with van der Waals surface area (Å²) >= 11 is 5.79. The van der Waals surface area contributed by atoms with Crippen LogP contribution in [-0.2, 0) is 6.54 Å². The molecule has 0 atom stereocenters. The lowest BCUT2D eigenvalue weighted by Crippen LogP contribution is -2.29. The predicted octanol–water partition coefficient (Wildman–Crippen LogP) is 3.77. The van der Waals surface area contributed by atoms with E-state index in [2.05, 4.69) is 20.2 Å². The van der Waals surface area contributed by atoms with Crippen LogP contribution < -0.4 is 5.32 Å². The van der Waals surface area contributed by atoms with Gasteiger partial charge in [-0.1, -0.05) is 30.2 Å². The van der Waals surface area contributed by atoms with Gasteiger partial charge in [0.1, 0.15) is 6.33 Å². The normalized spacial score (nSPS) is 15.2. The number of anilines is 2. The van der Waals surface area contributed by atoms with E-state index in [9.17, 15) is 10.1 Å². The zero-order chi connectivity index (χ0) is 16.9. The molecule has 7 nitrogen and oxygen atoms in total. The van der Waals surface area contributed by atoms with Crippen LogP contribution in [0.15, 0.2) is 30.6 Å². The highest BCUT2D eigenvalue weighted by Crippen LogP contribution is 2.30. The molecule has 1 aromatic carbocycles. The number of rotatable bonds is 5. The second-order valence-corrected chi connectivity index (χ2v) is 6.14. The van der Waals surface area contributed by atoms with Gasteiger partial charge in [-0.05, 0) is 43.6 Å². The van der Waals surface area contributed by atoms with Crippen molar-refractivity contribution in [2.75, 3.05) is 18.4 Å². The van der Waals surface area contributed by atoms with Crippen molar-refractivity contribution in [3.63, 3.8) is 0 Å². The summed E-state index contributed by atoms with van der Waals surface area (Å²) in [7, 11) is 0. The maximum Gasteiger partial charge on any atom is 0.348 e. The SMILES string of the molecule is O=[N+]([O-])c1c(Cl)ncnc1Nc1ccc(CN2CCCCC2)cc1. The van der Waals surface area contributed by atoms with Crippen molar-refractivity contribution >= 4 is 28.8 Å². The van der Waals surface area contributed by atoms with Crippen LogP contribution in [0.3, 0.4) is 0 Å². The summed E-state index contributed by atoms with van der Waals surface area (Å²) in [4.78, 5) is 20.5. The van der Waals surface area contributed by atoms with Gasteiger partial charge in [-0.3, -0.25) is 15.0 Å². The first-order valence-electron chi connectivity index (χ1n) is 7.86. The molecule has 0 radical (unpaired) electrons. The largest absolute Gasteiger partial charge is 0.348 e. The summed E-state index contributed by atoms with van der Waals surface area (Å²) in [6, 6.07) is 7.81. The third-order valence-electron chi connectivity index (χ3n) is 4.03. The van der Waals surface area contributed by atoms with E-state index in [1.807, 2.05) is 24.3 Å². The van der Waals surface area contributed by atoms with Crippen LogP contribution in [-0.4, -0.2) is 32.9 Å². The number of aromatic nitrogens is 2. The lowest BCUT2D eigenvalue weighted by molar-refractivity contribution is -0.384. The van der Waals surface area contributed by atoms with Gasteiger partial charge in [0.05, 0.1) is 4.92 Å². The molecule has 0 bridgehead atoms. The van der Waals surface area contributed by atoms with Crippen LogP contribution >= 0.6 is 11.6 Å². The molecule has 1 aliphatic rings. The zero-order valence-corrected chi connectivity index (χ0v) is 13.9. The van der Waals surface area contributed by atoms with E-state index in [4.69, 9.17) is 11.6 Å². The maximum atomic E-state index is 11.1. The minimum Gasteiger partial charge on any atom is -0.334 e. The van der Waals surface area contributed by atoms with Crippen LogP contribution in [0.25, 0.3) is 0 Å². The molecule has 126 valence electrons. The molecule has 3 rings (SSSR count). The van der Waals surface area contributed by atoms with E-state index in [0.717, 1.165) is 25.3 Å². The Kier molecular flexibility index (Phi) is 5.22. The first-order valence-corrected chi connectivity index (χ1v) is 8.24. The van der Waals surface area contributed by atoms with Crippen LogP contribution in [0, 0.1) is 10.1 Å². The Morgan fingerprint density at radius 1 is 1.17 bits per heavy atom. The fourth-order valence-electron chi connectivity index (χ4n) is 2.82. The summed E-state index contributed by atoms with van der Waals surface area (Å²) in [5.74, 6) is 0.0868. The van der Waals surface area contributed by atoms with Crippen molar-refractivity contribution in [2.24, 2.45) is 0 Å². The third kappa shape index (κ3) is 3.98. The molecular weight excluding hydrogens is 330 g/mol. The standard InChI is InChI=1S/C16H18ClN5O2/c17-15-14(22(23)24)16(19-11-18-15)20-13-6-4-12(5-7-13)10-21-8-2-1-3-9-21/h4-7,11H,1-3,8-10H2,(H,18,19,20). The van der Waals surface area contributed by atoms with Gasteiger partial charge in [-0.15, -0.1) is 0 Å². The lowest BCUT2D eigenvalue weighted by atomic mass is 10.1. The number of nitrogens with zero attached hydrogens (tertiary/aromatic N) is 4. The monoisotopic (exact) mass is 347 g/mol. The highest BCUT2D eigenvalue weighted by atomic mass is 35.5. The maximum absolute atomic E-state index is 11.1. The molecule has 1 saturated heterocycles. The molecule has 0 saturated carbocycles. The van der Waals surface area contributed by atoms with Crippen LogP contribution in [0.4, 0.5) is 17.2 Å². The third-order valence-corrected chi connectivity index (χ3v) is 4.31. The van der Waals surface area contributed by atoms with Crippen molar-refractivity contribution in [1.29, 1.82) is 0 Å². The minimum atomic E-state index is -0.588. The van der Waals surface area contributed by atoms with Crippen LogP contribution in [0.5, 0.6) is 0 Å². The number of hydrogen-bond acceptors (Lipinski definition) is 6. The van der Waals surface area contributed by atoms with Crippen molar-refractivity contribution < 1.29 is 4.92 Å². The Bertz CT molecular complexity index is 717. The van der Waals surface area contributed by atoms with Gasteiger partial charge in [0.25, 0.3) is 0 Å². The first kappa shape index (κ1) is 16.6. The second-order valence-electron chi connectivity index (χ2n) is 5.78. The van der Waals surface area contributed by atoms with Gasteiger partial charge in [-0.25, -0.2) is 9.97 Å².